The molecule has 0 amide bonds. The van der Waals surface area contributed by atoms with Crippen molar-refractivity contribution in [1.29, 1.82) is 0 Å². The minimum absolute atomic E-state index is 0.224. The highest BCUT2D eigenvalue weighted by molar-refractivity contribution is 7.25. The first-order chi connectivity index (χ1) is 9.28. The maximum absolute atomic E-state index is 9.34. The summed E-state index contributed by atoms with van der Waals surface area (Å²) in [6.07, 6.45) is -0.724. The predicted octanol–water partition coefficient (Wildman–Crippen LogP) is 2.82. The summed E-state index contributed by atoms with van der Waals surface area (Å²) in [5.41, 5.74) is 0.964. The number of hydrogen-bond donors (Lipinski definition) is 3. The van der Waals surface area contributed by atoms with Gasteiger partial charge in [0.05, 0.1) is 12.7 Å². The normalized spacial score (nSPS) is 12.9. The second-order valence-electron chi connectivity index (χ2n) is 4.53. The quantitative estimate of drug-likeness (QED) is 0.685. The zero-order valence-electron chi connectivity index (χ0n) is 10.3. The van der Waals surface area contributed by atoms with E-state index < -0.39 is 6.10 Å². The fourth-order valence-corrected chi connectivity index (χ4v) is 3.28. The summed E-state index contributed by atoms with van der Waals surface area (Å²) >= 11 is 1.76. The van der Waals surface area contributed by atoms with Gasteiger partial charge in [-0.15, -0.1) is 11.3 Å². The van der Waals surface area contributed by atoms with E-state index in [9.17, 15) is 5.11 Å². The summed E-state index contributed by atoms with van der Waals surface area (Å²) in [7, 11) is 0. The van der Waals surface area contributed by atoms with Crippen molar-refractivity contribution in [3.63, 3.8) is 0 Å². The number of aliphatic hydroxyl groups is 2. The molecule has 3 nitrogen and oxygen atoms in total. The van der Waals surface area contributed by atoms with Crippen LogP contribution >= 0.6 is 11.3 Å². The Kier molecular flexibility index (Phi) is 3.38. The Bertz CT molecular complexity index is 708. The minimum atomic E-state index is -0.724. The van der Waals surface area contributed by atoms with Crippen molar-refractivity contribution in [2.45, 2.75) is 6.10 Å². The van der Waals surface area contributed by atoms with Gasteiger partial charge in [0.2, 0.25) is 0 Å². The fraction of sp³-hybridized carbons (Fsp3) is 0.200. The maximum atomic E-state index is 9.34. The second kappa shape index (κ2) is 5.17. The van der Waals surface area contributed by atoms with Crippen LogP contribution in [0.25, 0.3) is 20.2 Å². The first kappa shape index (κ1) is 12.4. The van der Waals surface area contributed by atoms with Crippen LogP contribution in [0.4, 0.5) is 5.69 Å². The fourth-order valence-electron chi connectivity index (χ4n) is 2.14. The molecule has 1 unspecified atom stereocenters. The summed E-state index contributed by atoms with van der Waals surface area (Å²) in [6, 6.07) is 14.6. The molecule has 4 heteroatoms. The van der Waals surface area contributed by atoms with Crippen molar-refractivity contribution in [2.75, 3.05) is 18.5 Å². The van der Waals surface area contributed by atoms with Gasteiger partial charge in [-0.2, -0.15) is 0 Å². The molecule has 0 aliphatic carbocycles. The van der Waals surface area contributed by atoms with Gasteiger partial charge in [0.1, 0.15) is 0 Å². The molecule has 3 aromatic rings. The first-order valence-electron chi connectivity index (χ1n) is 6.22. The van der Waals surface area contributed by atoms with Crippen molar-refractivity contribution in [3.05, 3.63) is 42.5 Å². The summed E-state index contributed by atoms with van der Waals surface area (Å²) in [5.74, 6) is 0. The molecule has 0 aliphatic rings. The van der Waals surface area contributed by atoms with Crippen molar-refractivity contribution in [3.8, 4) is 0 Å². The monoisotopic (exact) mass is 273 g/mol. The molecule has 98 valence electrons. The van der Waals surface area contributed by atoms with E-state index in [0.29, 0.717) is 6.54 Å². The predicted molar refractivity (Wildman–Crippen MR) is 80.9 cm³/mol. The molecule has 0 fully saturated rings. The van der Waals surface area contributed by atoms with Gasteiger partial charge in [0.25, 0.3) is 0 Å². The molecule has 1 atom stereocenters. The van der Waals surface area contributed by atoms with E-state index in [2.05, 4.69) is 41.7 Å². The Labute approximate surface area is 115 Å². The zero-order valence-corrected chi connectivity index (χ0v) is 11.2. The number of fused-ring (bicyclic) bond motifs is 3. The lowest BCUT2D eigenvalue weighted by molar-refractivity contribution is 0.105. The molecule has 2 aromatic carbocycles. The largest absolute Gasteiger partial charge is 0.394 e. The Balaban J connectivity index is 1.95. The smallest absolute Gasteiger partial charge is 0.0942 e. The lowest BCUT2D eigenvalue weighted by Gasteiger charge is -2.10. The van der Waals surface area contributed by atoms with Gasteiger partial charge in [0.15, 0.2) is 0 Å². The maximum Gasteiger partial charge on any atom is 0.0942 e. The third kappa shape index (κ3) is 2.42. The van der Waals surface area contributed by atoms with Crippen LogP contribution in [0.3, 0.4) is 0 Å². The van der Waals surface area contributed by atoms with E-state index in [4.69, 9.17) is 5.11 Å². The average molecular weight is 273 g/mol. The van der Waals surface area contributed by atoms with Crippen molar-refractivity contribution < 1.29 is 10.2 Å². The highest BCUT2D eigenvalue weighted by Gasteiger charge is 2.06. The Morgan fingerprint density at radius 2 is 1.84 bits per heavy atom. The van der Waals surface area contributed by atoms with Crippen LogP contribution in [0.1, 0.15) is 0 Å². The van der Waals surface area contributed by atoms with Crippen LogP contribution in [-0.2, 0) is 0 Å². The van der Waals surface area contributed by atoms with Gasteiger partial charge in [-0.3, -0.25) is 0 Å². The molecule has 0 aliphatic heterocycles. The number of thiophene rings is 1. The Morgan fingerprint density at radius 3 is 2.68 bits per heavy atom. The molecule has 0 bridgehead atoms. The topological polar surface area (TPSA) is 52.5 Å². The molecule has 0 radical (unpaired) electrons. The van der Waals surface area contributed by atoms with Crippen LogP contribution in [0.5, 0.6) is 0 Å². The standard InChI is InChI=1S/C15H15NO2S/c17-9-11(18)8-16-10-5-6-13-12-3-1-2-4-14(12)19-15(13)7-10/h1-7,11,16-18H,8-9H2. The molecular formula is C15H15NO2S. The molecule has 3 rings (SSSR count). The highest BCUT2D eigenvalue weighted by Crippen LogP contribution is 2.34. The third-order valence-electron chi connectivity index (χ3n) is 3.13. The van der Waals surface area contributed by atoms with E-state index in [1.54, 1.807) is 11.3 Å². The van der Waals surface area contributed by atoms with Gasteiger partial charge in [-0.05, 0) is 18.2 Å². The highest BCUT2D eigenvalue weighted by atomic mass is 32.1. The average Bonchev–Trinajstić information content (AvgIpc) is 2.82. The minimum Gasteiger partial charge on any atom is -0.394 e. The lowest BCUT2D eigenvalue weighted by Crippen LogP contribution is -2.22. The van der Waals surface area contributed by atoms with Crippen molar-refractivity contribution in [1.82, 2.24) is 0 Å². The molecule has 3 N–H and O–H groups in total. The van der Waals surface area contributed by atoms with Crippen LogP contribution < -0.4 is 5.32 Å². The summed E-state index contributed by atoms with van der Waals surface area (Å²) in [4.78, 5) is 0. The van der Waals surface area contributed by atoms with Crippen LogP contribution in [0.2, 0.25) is 0 Å². The lowest BCUT2D eigenvalue weighted by atomic mass is 10.1. The SMILES string of the molecule is OCC(O)CNc1ccc2c(c1)sc1ccccc12. The number of anilines is 1. The van der Waals surface area contributed by atoms with Gasteiger partial charge in [0, 0.05) is 32.4 Å². The number of nitrogens with one attached hydrogen (secondary N) is 1. The molecule has 1 aromatic heterocycles. The molecule has 1 heterocycles. The molecular weight excluding hydrogens is 258 g/mol. The number of benzene rings is 2. The third-order valence-corrected chi connectivity index (χ3v) is 4.26. The van der Waals surface area contributed by atoms with Gasteiger partial charge in [-0.1, -0.05) is 24.3 Å². The molecule has 0 saturated heterocycles. The molecule has 0 spiro atoms. The summed E-state index contributed by atoms with van der Waals surface area (Å²) in [6.45, 7) is 0.130. The van der Waals surface area contributed by atoms with E-state index in [1.807, 2.05) is 6.07 Å². The number of hydrogen-bond acceptors (Lipinski definition) is 4. The molecule has 19 heavy (non-hydrogen) atoms. The van der Waals surface area contributed by atoms with E-state index in [0.717, 1.165) is 5.69 Å². The Hall–Kier alpha value is -1.62. The zero-order chi connectivity index (χ0) is 13.2. The van der Waals surface area contributed by atoms with Gasteiger partial charge >= 0.3 is 0 Å². The second-order valence-corrected chi connectivity index (χ2v) is 5.61. The first-order valence-corrected chi connectivity index (χ1v) is 7.03. The summed E-state index contributed by atoms with van der Waals surface area (Å²) < 4.78 is 2.51. The van der Waals surface area contributed by atoms with Crippen LogP contribution in [-0.4, -0.2) is 29.5 Å². The molecule has 0 saturated carbocycles. The Morgan fingerprint density at radius 1 is 1.05 bits per heavy atom. The van der Waals surface area contributed by atoms with Crippen LogP contribution in [0.15, 0.2) is 42.5 Å². The van der Waals surface area contributed by atoms with Gasteiger partial charge < -0.3 is 15.5 Å². The summed E-state index contributed by atoms with van der Waals surface area (Å²) in [5, 5.41) is 23.8. The van der Waals surface area contributed by atoms with E-state index in [-0.39, 0.29) is 6.61 Å². The van der Waals surface area contributed by atoms with Crippen molar-refractivity contribution >= 4 is 37.2 Å². The number of rotatable bonds is 4. The van der Waals surface area contributed by atoms with Crippen LogP contribution in [0, 0.1) is 0 Å². The number of aliphatic hydroxyl groups excluding tert-OH is 2. The van der Waals surface area contributed by atoms with E-state index in [1.165, 1.54) is 20.2 Å². The van der Waals surface area contributed by atoms with Crippen molar-refractivity contribution in [2.24, 2.45) is 0 Å². The van der Waals surface area contributed by atoms with Gasteiger partial charge in [-0.25, -0.2) is 0 Å². The van der Waals surface area contributed by atoms with E-state index >= 15 is 0 Å².